The third-order valence-corrected chi connectivity index (χ3v) is 9.01. The smallest absolute Gasteiger partial charge is 1.00 e. The van der Waals surface area contributed by atoms with Crippen molar-refractivity contribution in [1.29, 1.82) is 0 Å². The number of rotatable bonds is 1. The summed E-state index contributed by atoms with van der Waals surface area (Å²) >= 11 is 0. The minimum atomic E-state index is 0. The fourth-order valence-corrected chi connectivity index (χ4v) is 6.65. The molecule has 0 radical (unpaired) electrons. The summed E-state index contributed by atoms with van der Waals surface area (Å²) in [7, 11) is 0. The molecule has 198 valence electrons. The van der Waals surface area contributed by atoms with Crippen LogP contribution in [0.2, 0.25) is 0 Å². The van der Waals surface area contributed by atoms with E-state index < -0.39 is 0 Å². The molecule has 5 rings (SSSR count). The van der Waals surface area contributed by atoms with Gasteiger partial charge in [0.25, 0.3) is 0 Å². The first kappa shape index (κ1) is 32.6. The van der Waals surface area contributed by atoms with E-state index in [2.05, 4.69) is 112 Å². The zero-order valence-corrected chi connectivity index (χ0v) is 28.5. The van der Waals surface area contributed by atoms with Gasteiger partial charge in [0, 0.05) is 11.3 Å². The van der Waals surface area contributed by atoms with E-state index in [1.165, 1.54) is 41.5 Å². The number of fused-ring (bicyclic) bond motifs is 3. The molecule has 3 aliphatic rings. The average Bonchev–Trinajstić information content (AvgIpc) is 3.37. The molecule has 0 N–H and O–H groups in total. The second-order valence-corrected chi connectivity index (χ2v) is 14.6. The summed E-state index contributed by atoms with van der Waals surface area (Å²) in [5.74, 6) is 0.421. The topological polar surface area (TPSA) is 0 Å². The van der Waals surface area contributed by atoms with Gasteiger partial charge in [0.15, 0.2) is 0 Å². The van der Waals surface area contributed by atoms with Crippen LogP contribution in [0.1, 0.15) is 117 Å². The van der Waals surface area contributed by atoms with Gasteiger partial charge in [0.2, 0.25) is 0 Å². The molecule has 0 saturated heterocycles. The van der Waals surface area contributed by atoms with Crippen molar-refractivity contribution in [3.63, 3.8) is 0 Å². The minimum absolute atomic E-state index is 0. The molecule has 1 unspecified atom stereocenters. The van der Waals surface area contributed by atoms with Crippen LogP contribution in [-0.2, 0) is 37.0 Å². The molecule has 1 atom stereocenters. The molecule has 0 saturated carbocycles. The molecule has 0 bridgehead atoms. The number of hydrogen-bond donors (Lipinski definition) is 0. The minimum Gasteiger partial charge on any atom is -1.00 e. The average molecular weight is 615 g/mol. The molecule has 0 amide bonds. The third-order valence-electron chi connectivity index (χ3n) is 9.01. The number of halogens is 2. The van der Waals surface area contributed by atoms with Gasteiger partial charge in [-0.05, 0) is 74.5 Å². The normalized spacial score (nSPS) is 20.9. The fourth-order valence-electron chi connectivity index (χ4n) is 6.65. The van der Waals surface area contributed by atoms with Crippen LogP contribution >= 0.6 is 0 Å². The van der Waals surface area contributed by atoms with E-state index in [9.17, 15) is 0 Å². The van der Waals surface area contributed by atoms with E-state index in [4.69, 9.17) is 0 Å². The SMILES string of the molecule is CC(C)(C)C1=CC2=C(CCC2(C)C2c3cc(C(C)(C)C)ccc3-c3ccc(C(C)(C)C)cc32)C1.[Cl-].[Cl-].[Zr+2]. The number of allylic oxidation sites excluding steroid dienone is 4. The Morgan fingerprint density at radius 3 is 1.57 bits per heavy atom. The molecule has 2 aromatic rings. The van der Waals surface area contributed by atoms with Crippen molar-refractivity contribution in [1.82, 2.24) is 0 Å². The van der Waals surface area contributed by atoms with E-state index in [0.717, 1.165) is 0 Å². The second-order valence-electron chi connectivity index (χ2n) is 14.6. The fraction of sp³-hybridized carbons (Fsp3) is 0.529. The first-order valence-corrected chi connectivity index (χ1v) is 13.3. The first-order valence-electron chi connectivity index (χ1n) is 13.3. The summed E-state index contributed by atoms with van der Waals surface area (Å²) in [5.41, 5.74) is 14.6. The molecule has 0 nitrogen and oxygen atoms in total. The maximum atomic E-state index is 2.61. The van der Waals surface area contributed by atoms with Crippen molar-refractivity contribution >= 4 is 0 Å². The van der Waals surface area contributed by atoms with Crippen LogP contribution < -0.4 is 24.8 Å². The van der Waals surface area contributed by atoms with Crippen molar-refractivity contribution in [2.75, 3.05) is 0 Å². The van der Waals surface area contributed by atoms with E-state index in [1.807, 2.05) is 0 Å². The Morgan fingerprint density at radius 2 is 1.16 bits per heavy atom. The van der Waals surface area contributed by atoms with Gasteiger partial charge in [-0.25, -0.2) is 0 Å². The van der Waals surface area contributed by atoms with Gasteiger partial charge in [-0.2, -0.15) is 0 Å². The van der Waals surface area contributed by atoms with Crippen LogP contribution in [0.5, 0.6) is 0 Å². The van der Waals surface area contributed by atoms with Crippen molar-refractivity contribution in [3.8, 4) is 11.1 Å². The van der Waals surface area contributed by atoms with E-state index in [-0.39, 0.29) is 72.7 Å². The summed E-state index contributed by atoms with van der Waals surface area (Å²) in [6.45, 7) is 23.8. The monoisotopic (exact) mass is 612 g/mol. The van der Waals surface area contributed by atoms with Crippen LogP contribution in [0, 0.1) is 10.8 Å². The van der Waals surface area contributed by atoms with Gasteiger partial charge < -0.3 is 24.8 Å². The van der Waals surface area contributed by atoms with Crippen LogP contribution in [0.15, 0.2) is 59.2 Å². The molecule has 3 aliphatic carbocycles. The van der Waals surface area contributed by atoms with Gasteiger partial charge in [-0.1, -0.05) is 123 Å². The van der Waals surface area contributed by atoms with Crippen molar-refractivity contribution in [3.05, 3.63) is 81.4 Å². The number of benzene rings is 2. The van der Waals surface area contributed by atoms with E-state index >= 15 is 0 Å². The molecule has 0 spiro atoms. The summed E-state index contributed by atoms with van der Waals surface area (Å²) < 4.78 is 0. The predicted octanol–water partition coefficient (Wildman–Crippen LogP) is 3.87. The van der Waals surface area contributed by atoms with E-state index in [1.54, 1.807) is 27.8 Å². The summed E-state index contributed by atoms with van der Waals surface area (Å²) in [5, 5.41) is 0. The Bertz CT molecular complexity index is 1180. The second kappa shape index (κ2) is 10.4. The molecule has 37 heavy (non-hydrogen) atoms. The van der Waals surface area contributed by atoms with Gasteiger partial charge in [-0.15, -0.1) is 0 Å². The Hall–Kier alpha value is -0.617. The Balaban J connectivity index is 0.00000160. The predicted molar refractivity (Wildman–Crippen MR) is 148 cm³/mol. The molecular formula is C34H44Cl2Zr. The molecule has 2 aromatic carbocycles. The van der Waals surface area contributed by atoms with Crippen LogP contribution in [-0.4, -0.2) is 0 Å². The molecular weight excluding hydrogens is 571 g/mol. The largest absolute Gasteiger partial charge is 2.00 e. The summed E-state index contributed by atoms with van der Waals surface area (Å²) in [6, 6.07) is 14.7. The quantitative estimate of drug-likeness (QED) is 0.458. The third kappa shape index (κ3) is 5.41. The van der Waals surface area contributed by atoms with Crippen molar-refractivity contribution in [2.45, 2.75) is 105 Å². The molecule has 0 aromatic heterocycles. The van der Waals surface area contributed by atoms with Gasteiger partial charge in [0.1, 0.15) is 0 Å². The zero-order valence-electron chi connectivity index (χ0n) is 24.5. The number of hydrogen-bond acceptors (Lipinski definition) is 0. The summed E-state index contributed by atoms with van der Waals surface area (Å²) in [4.78, 5) is 0. The van der Waals surface area contributed by atoms with Gasteiger partial charge in [0.05, 0.1) is 0 Å². The van der Waals surface area contributed by atoms with Crippen molar-refractivity contribution < 1.29 is 51.0 Å². The zero-order chi connectivity index (χ0) is 24.8. The molecule has 0 fully saturated rings. The molecule has 0 heterocycles. The van der Waals surface area contributed by atoms with Gasteiger partial charge in [-0.3, -0.25) is 0 Å². The van der Waals surface area contributed by atoms with Crippen LogP contribution in [0.3, 0.4) is 0 Å². The van der Waals surface area contributed by atoms with Crippen molar-refractivity contribution in [2.24, 2.45) is 10.8 Å². The maximum absolute atomic E-state index is 2.61. The van der Waals surface area contributed by atoms with E-state index in [0.29, 0.717) is 5.92 Å². The van der Waals surface area contributed by atoms with Gasteiger partial charge >= 0.3 is 26.2 Å². The Labute approximate surface area is 258 Å². The van der Waals surface area contributed by atoms with Crippen LogP contribution in [0.4, 0.5) is 0 Å². The maximum Gasteiger partial charge on any atom is 2.00 e. The summed E-state index contributed by atoms with van der Waals surface area (Å²) in [6.07, 6.45) is 6.31. The Morgan fingerprint density at radius 1 is 0.703 bits per heavy atom. The first-order chi connectivity index (χ1) is 15.6. The molecule has 0 aliphatic heterocycles. The standard InChI is InChI=1S/C34H44.2ClH.Zr/c1-31(2,3)22-11-13-25-26-14-12-23(32(4,5)6)19-28(26)30(27(25)18-22)34(10)16-15-21-17-24(20-29(21)34)33(7,8)9;;;/h11-14,18-20,30H,15-17H2,1-10H3;2*1H;/q;;;+2/p-2. The Kier molecular flexibility index (Phi) is 9.17. The molecule has 3 heteroatoms. The van der Waals surface area contributed by atoms with Crippen LogP contribution in [0.25, 0.3) is 11.1 Å².